The fraction of sp³-hybridized carbons (Fsp3) is 0.414. The van der Waals surface area contributed by atoms with Gasteiger partial charge in [-0.1, -0.05) is 50.6 Å². The van der Waals surface area contributed by atoms with Gasteiger partial charge in [0.25, 0.3) is 0 Å². The van der Waals surface area contributed by atoms with Gasteiger partial charge in [-0.25, -0.2) is 13.6 Å². The van der Waals surface area contributed by atoms with E-state index in [1.165, 1.54) is 60.6 Å². The maximum absolute atomic E-state index is 13.2. The molecule has 0 saturated carbocycles. The molecule has 200 valence electrons. The Kier molecular flexibility index (Phi) is 12.6. The minimum absolute atomic E-state index is 0.187. The fourth-order valence-corrected chi connectivity index (χ4v) is 4.29. The number of likely N-dealkylation sites (tertiary alicyclic amines) is 1. The van der Waals surface area contributed by atoms with Gasteiger partial charge in [0, 0.05) is 7.05 Å². The molecule has 0 aliphatic carbocycles. The second-order valence-corrected chi connectivity index (χ2v) is 9.05. The third-order valence-electron chi connectivity index (χ3n) is 6.38. The SMILES string of the molecule is CC/C=C\C(=NC)C(=O)C[NH+]1CCC(CC)CC1.NC(=O)OC(c1cccc(F)c1)c1cccc(F)c1. The van der Waals surface area contributed by atoms with Gasteiger partial charge in [-0.05, 0) is 66.6 Å². The topological polar surface area (TPSA) is 86.2 Å². The number of nitrogens with zero attached hydrogens (tertiary/aromatic N) is 1. The number of ketones is 1. The standard InChI is InChI=1S/C15H26N2O.C14H11F2NO2/c1-4-6-7-14(16-3)15(18)12-17-10-8-13(5-2)9-11-17;15-11-5-1-3-9(7-11)13(19-14(17)18)10-4-2-6-12(16)8-10/h6-7,13H,4-5,8-12H2,1-3H3;1-8,13H,(H2,17,18)/p+1/b7-6-,16-14?;. The van der Waals surface area contributed by atoms with Crippen LogP contribution in [0.15, 0.2) is 65.7 Å². The van der Waals surface area contributed by atoms with Crippen LogP contribution in [0.4, 0.5) is 13.6 Å². The van der Waals surface area contributed by atoms with E-state index >= 15 is 0 Å². The van der Waals surface area contributed by atoms with Crippen LogP contribution < -0.4 is 10.6 Å². The number of hydrogen-bond donors (Lipinski definition) is 2. The van der Waals surface area contributed by atoms with E-state index in [1.54, 1.807) is 19.2 Å². The van der Waals surface area contributed by atoms with Gasteiger partial charge in [-0.3, -0.25) is 9.79 Å². The number of Topliss-reactive ketones (excluding diaryl/α,β-unsaturated/α-hetero) is 1. The Morgan fingerprint density at radius 2 is 1.65 bits per heavy atom. The Morgan fingerprint density at radius 1 is 1.08 bits per heavy atom. The van der Waals surface area contributed by atoms with Crippen LogP contribution in [0.1, 0.15) is 56.8 Å². The number of benzene rings is 2. The molecule has 1 heterocycles. The van der Waals surface area contributed by atoms with Gasteiger partial charge >= 0.3 is 6.09 Å². The summed E-state index contributed by atoms with van der Waals surface area (Å²) in [5, 5.41) is 0. The van der Waals surface area contributed by atoms with Gasteiger partial charge in [0.1, 0.15) is 23.9 Å². The number of allylic oxidation sites excluding steroid dienone is 2. The first-order chi connectivity index (χ1) is 17.8. The maximum atomic E-state index is 13.2. The van der Waals surface area contributed by atoms with Gasteiger partial charge in [-0.2, -0.15) is 0 Å². The molecule has 2 aromatic carbocycles. The Labute approximate surface area is 218 Å². The number of aliphatic imine (C=N–C) groups is 1. The number of nitrogens with one attached hydrogen (secondary N) is 1. The molecule has 0 unspecified atom stereocenters. The van der Waals surface area contributed by atoms with Crippen LogP contribution in [0, 0.1) is 17.6 Å². The quantitative estimate of drug-likeness (QED) is 0.485. The number of nitrogens with two attached hydrogens (primary N) is 1. The highest BCUT2D eigenvalue weighted by Crippen LogP contribution is 2.27. The summed E-state index contributed by atoms with van der Waals surface area (Å²) in [5.74, 6) is 0.106. The number of carbonyl (C=O) groups is 2. The Morgan fingerprint density at radius 3 is 2.08 bits per heavy atom. The maximum Gasteiger partial charge on any atom is 0.405 e. The third-order valence-corrected chi connectivity index (χ3v) is 6.38. The molecular weight excluding hydrogens is 476 g/mol. The molecular formula is C29H38F2N3O3+. The Balaban J connectivity index is 0.000000261. The fourth-order valence-electron chi connectivity index (χ4n) is 4.29. The van der Waals surface area contributed by atoms with Crippen molar-refractivity contribution in [2.75, 3.05) is 26.7 Å². The monoisotopic (exact) mass is 514 g/mol. The lowest BCUT2D eigenvalue weighted by atomic mass is 9.94. The van der Waals surface area contributed by atoms with Gasteiger partial charge in [0.15, 0.2) is 6.10 Å². The Hall–Kier alpha value is -3.39. The number of quaternary nitrogens is 1. The van der Waals surface area contributed by atoms with E-state index in [-0.39, 0.29) is 5.78 Å². The average Bonchev–Trinajstić information content (AvgIpc) is 2.88. The number of primary amides is 1. The molecule has 1 fully saturated rings. The van der Waals surface area contributed by atoms with Crippen LogP contribution in [0.2, 0.25) is 0 Å². The molecule has 1 aliphatic rings. The summed E-state index contributed by atoms with van der Waals surface area (Å²) < 4.78 is 31.4. The summed E-state index contributed by atoms with van der Waals surface area (Å²) in [5.41, 5.74) is 6.38. The average molecular weight is 515 g/mol. The molecule has 1 aliphatic heterocycles. The van der Waals surface area contributed by atoms with Gasteiger partial charge < -0.3 is 15.4 Å². The number of ether oxygens (including phenoxy) is 1. The highest BCUT2D eigenvalue weighted by Gasteiger charge is 2.24. The van der Waals surface area contributed by atoms with E-state index in [1.807, 2.05) is 12.2 Å². The van der Waals surface area contributed by atoms with Crippen LogP contribution in [-0.4, -0.2) is 44.3 Å². The smallest absolute Gasteiger partial charge is 0.405 e. The largest absolute Gasteiger partial charge is 0.437 e. The molecule has 0 bridgehead atoms. The van der Waals surface area contributed by atoms with Crippen molar-refractivity contribution in [2.45, 2.75) is 45.6 Å². The lowest BCUT2D eigenvalue weighted by Gasteiger charge is -2.28. The summed E-state index contributed by atoms with van der Waals surface area (Å²) in [6, 6.07) is 11.0. The molecule has 0 radical (unpaired) electrons. The van der Waals surface area contributed by atoms with E-state index < -0.39 is 23.8 Å². The van der Waals surface area contributed by atoms with E-state index in [9.17, 15) is 18.4 Å². The number of halogens is 2. The van der Waals surface area contributed by atoms with Crippen LogP contribution in [0.5, 0.6) is 0 Å². The summed E-state index contributed by atoms with van der Waals surface area (Å²) in [7, 11) is 1.70. The van der Waals surface area contributed by atoms with E-state index in [0.29, 0.717) is 23.4 Å². The van der Waals surface area contributed by atoms with Crippen LogP contribution in [-0.2, 0) is 9.53 Å². The number of carbonyl (C=O) groups excluding carboxylic acids is 2. The Bertz CT molecular complexity index is 1030. The van der Waals surface area contributed by atoms with Gasteiger partial charge in [-0.15, -0.1) is 0 Å². The molecule has 1 saturated heterocycles. The van der Waals surface area contributed by atoms with Crippen molar-refractivity contribution in [3.8, 4) is 0 Å². The van der Waals surface area contributed by atoms with Crippen molar-refractivity contribution in [3.05, 3.63) is 83.4 Å². The van der Waals surface area contributed by atoms with Crippen molar-refractivity contribution in [1.82, 2.24) is 0 Å². The molecule has 8 heteroatoms. The number of amides is 1. The first-order valence-electron chi connectivity index (χ1n) is 12.7. The van der Waals surface area contributed by atoms with E-state index in [0.717, 1.165) is 25.4 Å². The van der Waals surface area contributed by atoms with Crippen molar-refractivity contribution in [1.29, 1.82) is 0 Å². The zero-order valence-corrected chi connectivity index (χ0v) is 21.9. The minimum atomic E-state index is -1.02. The second kappa shape index (κ2) is 15.7. The highest BCUT2D eigenvalue weighted by molar-refractivity contribution is 6.44. The molecule has 0 aromatic heterocycles. The predicted octanol–water partition coefficient (Wildman–Crippen LogP) is 4.45. The highest BCUT2D eigenvalue weighted by atomic mass is 19.1. The van der Waals surface area contributed by atoms with Gasteiger partial charge in [0.05, 0.1) is 13.1 Å². The zero-order chi connectivity index (χ0) is 27.2. The molecule has 3 rings (SSSR count). The number of rotatable bonds is 9. The van der Waals surface area contributed by atoms with Crippen molar-refractivity contribution in [2.24, 2.45) is 16.6 Å². The summed E-state index contributed by atoms with van der Waals surface area (Å²) in [6.45, 7) is 7.21. The third kappa shape index (κ3) is 10.2. The molecule has 37 heavy (non-hydrogen) atoms. The van der Waals surface area contributed by atoms with Gasteiger partial charge in [0.2, 0.25) is 5.78 Å². The summed E-state index contributed by atoms with van der Waals surface area (Å²) in [6.07, 6.45) is 6.66. The van der Waals surface area contributed by atoms with Crippen LogP contribution in [0.3, 0.4) is 0 Å². The van der Waals surface area contributed by atoms with E-state index in [2.05, 4.69) is 18.8 Å². The predicted molar refractivity (Wildman–Crippen MR) is 142 cm³/mol. The van der Waals surface area contributed by atoms with Crippen LogP contribution >= 0.6 is 0 Å². The minimum Gasteiger partial charge on any atom is -0.437 e. The summed E-state index contributed by atoms with van der Waals surface area (Å²) >= 11 is 0. The van der Waals surface area contributed by atoms with Crippen molar-refractivity contribution >= 4 is 17.6 Å². The first-order valence-corrected chi connectivity index (χ1v) is 12.7. The second-order valence-electron chi connectivity index (χ2n) is 9.05. The molecule has 1 amide bonds. The molecule has 2 aromatic rings. The van der Waals surface area contributed by atoms with Crippen molar-refractivity contribution < 1.29 is 28.0 Å². The molecule has 0 atom stereocenters. The van der Waals surface area contributed by atoms with Crippen molar-refractivity contribution in [3.63, 3.8) is 0 Å². The van der Waals surface area contributed by atoms with E-state index in [4.69, 9.17) is 10.5 Å². The molecule has 3 N–H and O–H groups in total. The number of hydrogen-bond acceptors (Lipinski definition) is 4. The normalized spacial score (nSPS) is 17.8. The summed E-state index contributed by atoms with van der Waals surface area (Å²) in [4.78, 5) is 28.6. The molecule has 6 nitrogen and oxygen atoms in total. The first kappa shape index (κ1) is 29.8. The molecule has 0 spiro atoms. The number of piperidine rings is 1. The van der Waals surface area contributed by atoms with Crippen LogP contribution in [0.25, 0.3) is 0 Å². The zero-order valence-electron chi connectivity index (χ0n) is 21.9. The lowest BCUT2D eigenvalue weighted by Crippen LogP contribution is -3.14. The lowest BCUT2D eigenvalue weighted by molar-refractivity contribution is -0.897.